The number of rotatable bonds is 5. The standard InChI is InChI=1S/C26H34N2O3/c1-5-22-19-27(25(30)31-26(2,3)4)16-17-28(22)24(29)18-23(20-12-8-6-9-13-20)21-14-10-7-11-15-21/h6-15,22-23H,5,16-19H2,1-4H3/t22-/m1/s1. The Hall–Kier alpha value is -2.82. The second kappa shape index (κ2) is 9.99. The number of amides is 2. The predicted octanol–water partition coefficient (Wildman–Crippen LogP) is 5.07. The molecule has 2 aromatic carbocycles. The predicted molar refractivity (Wildman–Crippen MR) is 123 cm³/mol. The van der Waals surface area contributed by atoms with E-state index in [4.69, 9.17) is 4.74 Å². The van der Waals surface area contributed by atoms with Gasteiger partial charge in [-0.1, -0.05) is 67.6 Å². The van der Waals surface area contributed by atoms with Gasteiger partial charge in [0.25, 0.3) is 0 Å². The summed E-state index contributed by atoms with van der Waals surface area (Å²) in [6.45, 7) is 9.22. The van der Waals surface area contributed by atoms with Crippen molar-refractivity contribution in [3.63, 3.8) is 0 Å². The lowest BCUT2D eigenvalue weighted by atomic mass is 9.88. The summed E-state index contributed by atoms with van der Waals surface area (Å²) in [7, 11) is 0. The molecule has 5 nitrogen and oxygen atoms in total. The minimum atomic E-state index is -0.523. The Kier molecular flexibility index (Phi) is 7.37. The number of nitrogens with zero attached hydrogens (tertiary/aromatic N) is 2. The molecule has 0 saturated carbocycles. The minimum Gasteiger partial charge on any atom is -0.444 e. The van der Waals surface area contributed by atoms with Crippen molar-refractivity contribution in [3.8, 4) is 0 Å². The molecule has 0 bridgehead atoms. The van der Waals surface area contributed by atoms with Crippen LogP contribution < -0.4 is 0 Å². The maximum Gasteiger partial charge on any atom is 0.410 e. The first kappa shape index (κ1) is 22.9. The lowest BCUT2D eigenvalue weighted by Crippen LogP contribution is -2.57. The first-order chi connectivity index (χ1) is 14.8. The molecule has 3 rings (SSSR count). The molecule has 31 heavy (non-hydrogen) atoms. The highest BCUT2D eigenvalue weighted by Gasteiger charge is 2.34. The van der Waals surface area contributed by atoms with Gasteiger partial charge < -0.3 is 14.5 Å². The van der Waals surface area contributed by atoms with E-state index in [1.807, 2.05) is 62.1 Å². The van der Waals surface area contributed by atoms with Gasteiger partial charge in [-0.25, -0.2) is 4.79 Å². The van der Waals surface area contributed by atoms with Crippen molar-refractivity contribution in [3.05, 3.63) is 71.8 Å². The zero-order valence-corrected chi connectivity index (χ0v) is 19.1. The number of piperazine rings is 1. The molecule has 1 aliphatic rings. The molecule has 166 valence electrons. The molecule has 2 aromatic rings. The van der Waals surface area contributed by atoms with E-state index in [0.29, 0.717) is 26.1 Å². The topological polar surface area (TPSA) is 49.9 Å². The van der Waals surface area contributed by atoms with E-state index in [0.717, 1.165) is 17.5 Å². The third-order valence-electron chi connectivity index (χ3n) is 5.71. The molecule has 0 aromatic heterocycles. The molecule has 0 spiro atoms. The average Bonchev–Trinajstić information content (AvgIpc) is 2.77. The van der Waals surface area contributed by atoms with Gasteiger partial charge in [0, 0.05) is 38.0 Å². The second-order valence-electron chi connectivity index (χ2n) is 9.15. The Morgan fingerprint density at radius 1 is 0.968 bits per heavy atom. The van der Waals surface area contributed by atoms with Crippen LogP contribution in [0.5, 0.6) is 0 Å². The van der Waals surface area contributed by atoms with E-state index >= 15 is 0 Å². The molecule has 1 saturated heterocycles. The Morgan fingerprint density at radius 3 is 2.00 bits per heavy atom. The van der Waals surface area contributed by atoms with E-state index in [1.54, 1.807) is 4.90 Å². The number of carbonyl (C=O) groups is 2. The molecule has 1 heterocycles. The Bertz CT molecular complexity index is 822. The van der Waals surface area contributed by atoms with Crippen molar-refractivity contribution in [2.24, 2.45) is 0 Å². The van der Waals surface area contributed by atoms with Crippen LogP contribution >= 0.6 is 0 Å². The third kappa shape index (κ3) is 6.09. The zero-order valence-electron chi connectivity index (χ0n) is 19.1. The molecular weight excluding hydrogens is 388 g/mol. The highest BCUT2D eigenvalue weighted by Crippen LogP contribution is 2.29. The van der Waals surface area contributed by atoms with Crippen LogP contribution in [-0.4, -0.2) is 53.1 Å². The summed E-state index contributed by atoms with van der Waals surface area (Å²) in [4.78, 5) is 29.6. The van der Waals surface area contributed by atoms with Crippen molar-refractivity contribution < 1.29 is 14.3 Å². The van der Waals surface area contributed by atoms with Gasteiger partial charge in [-0.05, 0) is 38.3 Å². The van der Waals surface area contributed by atoms with Gasteiger partial charge >= 0.3 is 6.09 Å². The van der Waals surface area contributed by atoms with Crippen LogP contribution in [0.1, 0.15) is 57.6 Å². The largest absolute Gasteiger partial charge is 0.444 e. The van der Waals surface area contributed by atoms with E-state index in [-0.39, 0.29) is 24.0 Å². The molecule has 2 amide bonds. The molecule has 0 N–H and O–H groups in total. The van der Waals surface area contributed by atoms with E-state index in [2.05, 4.69) is 31.2 Å². The molecule has 0 radical (unpaired) electrons. The average molecular weight is 423 g/mol. The minimum absolute atomic E-state index is 0.000894. The number of benzene rings is 2. The number of carbonyl (C=O) groups excluding carboxylic acids is 2. The molecule has 0 unspecified atom stereocenters. The molecule has 1 aliphatic heterocycles. The lowest BCUT2D eigenvalue weighted by Gasteiger charge is -2.42. The fourth-order valence-electron chi connectivity index (χ4n) is 4.12. The summed E-state index contributed by atoms with van der Waals surface area (Å²) in [6.07, 6.45) is 0.910. The third-order valence-corrected chi connectivity index (χ3v) is 5.71. The van der Waals surface area contributed by atoms with E-state index in [9.17, 15) is 9.59 Å². The van der Waals surface area contributed by atoms with Crippen LogP contribution in [0.3, 0.4) is 0 Å². The van der Waals surface area contributed by atoms with Crippen molar-refractivity contribution >= 4 is 12.0 Å². The first-order valence-corrected chi connectivity index (χ1v) is 11.2. The monoisotopic (exact) mass is 422 g/mol. The number of hydrogen-bond donors (Lipinski definition) is 0. The van der Waals surface area contributed by atoms with Crippen LogP contribution in [-0.2, 0) is 9.53 Å². The molecule has 1 fully saturated rings. The second-order valence-corrected chi connectivity index (χ2v) is 9.15. The van der Waals surface area contributed by atoms with Gasteiger partial charge in [-0.2, -0.15) is 0 Å². The Balaban J connectivity index is 1.73. The molecule has 5 heteroatoms. The van der Waals surface area contributed by atoms with Crippen molar-refractivity contribution in [1.29, 1.82) is 0 Å². The summed E-state index contributed by atoms with van der Waals surface area (Å²) in [5, 5.41) is 0. The van der Waals surface area contributed by atoms with Crippen LogP contribution in [0.2, 0.25) is 0 Å². The molecule has 0 aliphatic carbocycles. The summed E-state index contributed by atoms with van der Waals surface area (Å²) in [5.41, 5.74) is 1.76. The Morgan fingerprint density at radius 2 is 1.52 bits per heavy atom. The SMILES string of the molecule is CC[C@@H]1CN(C(=O)OC(C)(C)C)CCN1C(=O)CC(c1ccccc1)c1ccccc1. The summed E-state index contributed by atoms with van der Waals surface area (Å²) in [6, 6.07) is 20.4. The van der Waals surface area contributed by atoms with E-state index < -0.39 is 5.60 Å². The van der Waals surface area contributed by atoms with Gasteiger partial charge in [-0.3, -0.25) is 4.79 Å². The van der Waals surface area contributed by atoms with Gasteiger partial charge in [0.15, 0.2) is 0 Å². The van der Waals surface area contributed by atoms with E-state index in [1.165, 1.54) is 0 Å². The van der Waals surface area contributed by atoms with Gasteiger partial charge in [-0.15, -0.1) is 0 Å². The number of hydrogen-bond acceptors (Lipinski definition) is 3. The highest BCUT2D eigenvalue weighted by atomic mass is 16.6. The van der Waals surface area contributed by atoms with Crippen molar-refractivity contribution in [2.45, 2.75) is 58.1 Å². The van der Waals surface area contributed by atoms with Gasteiger partial charge in [0.05, 0.1) is 0 Å². The van der Waals surface area contributed by atoms with Gasteiger partial charge in [0.1, 0.15) is 5.60 Å². The normalized spacial score (nSPS) is 17.0. The molecular formula is C26H34N2O3. The zero-order chi connectivity index (χ0) is 22.4. The number of ether oxygens (including phenoxy) is 1. The Labute approximate surface area is 186 Å². The fraction of sp³-hybridized carbons (Fsp3) is 0.462. The van der Waals surface area contributed by atoms with Crippen LogP contribution in [0.4, 0.5) is 4.79 Å². The maximum atomic E-state index is 13.4. The molecule has 1 atom stereocenters. The van der Waals surface area contributed by atoms with Crippen molar-refractivity contribution in [2.75, 3.05) is 19.6 Å². The quantitative estimate of drug-likeness (QED) is 0.676. The van der Waals surface area contributed by atoms with Crippen LogP contribution in [0, 0.1) is 0 Å². The summed E-state index contributed by atoms with van der Waals surface area (Å²) in [5.74, 6) is 0.143. The summed E-state index contributed by atoms with van der Waals surface area (Å²) < 4.78 is 5.53. The van der Waals surface area contributed by atoms with Crippen LogP contribution in [0.15, 0.2) is 60.7 Å². The van der Waals surface area contributed by atoms with Crippen molar-refractivity contribution in [1.82, 2.24) is 9.80 Å². The maximum absolute atomic E-state index is 13.4. The smallest absolute Gasteiger partial charge is 0.410 e. The highest BCUT2D eigenvalue weighted by molar-refractivity contribution is 5.79. The lowest BCUT2D eigenvalue weighted by molar-refractivity contribution is -0.136. The van der Waals surface area contributed by atoms with Gasteiger partial charge in [0.2, 0.25) is 5.91 Å². The fourth-order valence-corrected chi connectivity index (χ4v) is 4.12. The summed E-state index contributed by atoms with van der Waals surface area (Å²) >= 11 is 0. The first-order valence-electron chi connectivity index (χ1n) is 11.2. The van der Waals surface area contributed by atoms with Crippen LogP contribution in [0.25, 0.3) is 0 Å².